The van der Waals surface area contributed by atoms with E-state index in [0.717, 1.165) is 50.4 Å². The highest BCUT2D eigenvalue weighted by Crippen LogP contribution is 2.30. The third-order valence-electron chi connectivity index (χ3n) is 5.83. The SMILES string of the molecule is CC(=O)ON=C(CCC(C)C)c1ccc(Sc2ccc(C(=O)c3oc4ccccc4c3C)cc2)cc1. The van der Waals surface area contributed by atoms with Gasteiger partial charge in [-0.2, -0.15) is 0 Å². The third kappa shape index (κ3) is 6.13. The van der Waals surface area contributed by atoms with Gasteiger partial charge in [0, 0.05) is 33.2 Å². The highest BCUT2D eigenvalue weighted by atomic mass is 32.2. The van der Waals surface area contributed by atoms with Gasteiger partial charge >= 0.3 is 5.97 Å². The first-order valence-corrected chi connectivity index (χ1v) is 12.8. The number of nitrogens with zero attached hydrogens (tertiary/aromatic N) is 1. The van der Waals surface area contributed by atoms with Crippen LogP contribution in [0.25, 0.3) is 11.0 Å². The Labute approximate surface area is 215 Å². The number of carbonyl (C=O) groups excluding carboxylic acids is 2. The first-order chi connectivity index (χ1) is 17.3. The molecule has 0 unspecified atom stereocenters. The molecule has 0 atom stereocenters. The van der Waals surface area contributed by atoms with Crippen LogP contribution in [0, 0.1) is 12.8 Å². The van der Waals surface area contributed by atoms with Gasteiger partial charge in [-0.1, -0.05) is 61.1 Å². The Hall–Kier alpha value is -3.64. The van der Waals surface area contributed by atoms with Crippen molar-refractivity contribution in [1.29, 1.82) is 0 Å². The molecule has 184 valence electrons. The van der Waals surface area contributed by atoms with Crippen molar-refractivity contribution in [2.24, 2.45) is 11.1 Å². The summed E-state index contributed by atoms with van der Waals surface area (Å²) in [7, 11) is 0. The summed E-state index contributed by atoms with van der Waals surface area (Å²) in [6, 6.07) is 23.3. The van der Waals surface area contributed by atoms with Crippen LogP contribution in [0.4, 0.5) is 0 Å². The van der Waals surface area contributed by atoms with Crippen LogP contribution in [-0.2, 0) is 9.63 Å². The van der Waals surface area contributed by atoms with Gasteiger partial charge in [-0.15, -0.1) is 0 Å². The number of furan rings is 1. The molecule has 0 bridgehead atoms. The van der Waals surface area contributed by atoms with Gasteiger partial charge in [0.2, 0.25) is 5.78 Å². The van der Waals surface area contributed by atoms with Crippen molar-refractivity contribution >= 4 is 40.2 Å². The number of aryl methyl sites for hydroxylation is 1. The van der Waals surface area contributed by atoms with Gasteiger partial charge in [0.1, 0.15) is 5.58 Å². The molecule has 36 heavy (non-hydrogen) atoms. The normalized spacial score (nSPS) is 11.8. The number of carbonyl (C=O) groups is 2. The number of para-hydroxylation sites is 1. The van der Waals surface area contributed by atoms with E-state index in [2.05, 4.69) is 19.0 Å². The summed E-state index contributed by atoms with van der Waals surface area (Å²) in [6.07, 6.45) is 1.69. The molecule has 0 aliphatic rings. The van der Waals surface area contributed by atoms with Gasteiger partial charge in [-0.3, -0.25) is 4.79 Å². The molecule has 0 radical (unpaired) electrons. The number of rotatable bonds is 9. The lowest BCUT2D eigenvalue weighted by Gasteiger charge is -2.09. The van der Waals surface area contributed by atoms with Gasteiger partial charge in [-0.05, 0) is 73.7 Å². The zero-order valence-electron chi connectivity index (χ0n) is 20.9. The van der Waals surface area contributed by atoms with Crippen molar-refractivity contribution in [2.75, 3.05) is 0 Å². The fraction of sp³-hybridized carbons (Fsp3) is 0.233. The minimum atomic E-state index is -0.429. The summed E-state index contributed by atoms with van der Waals surface area (Å²) >= 11 is 1.61. The van der Waals surface area contributed by atoms with E-state index < -0.39 is 5.97 Å². The molecule has 6 heteroatoms. The molecule has 3 aromatic carbocycles. The van der Waals surface area contributed by atoms with Crippen LogP contribution in [0.1, 0.15) is 60.9 Å². The Morgan fingerprint density at radius 3 is 2.11 bits per heavy atom. The number of hydrogen-bond acceptors (Lipinski definition) is 6. The number of benzene rings is 3. The molecule has 5 nitrogen and oxygen atoms in total. The Morgan fingerprint density at radius 1 is 0.917 bits per heavy atom. The lowest BCUT2D eigenvalue weighted by molar-refractivity contribution is -0.140. The van der Waals surface area contributed by atoms with E-state index in [-0.39, 0.29) is 5.78 Å². The molecule has 0 N–H and O–H groups in total. The molecule has 0 aliphatic carbocycles. The number of fused-ring (bicyclic) bond motifs is 1. The van der Waals surface area contributed by atoms with E-state index in [1.54, 1.807) is 11.8 Å². The van der Waals surface area contributed by atoms with Crippen LogP contribution >= 0.6 is 11.8 Å². The molecule has 4 aromatic rings. The Kier molecular flexibility index (Phi) is 8.06. The lowest BCUT2D eigenvalue weighted by Crippen LogP contribution is -2.06. The molecule has 0 saturated carbocycles. The second-order valence-corrected chi connectivity index (χ2v) is 10.2. The summed E-state index contributed by atoms with van der Waals surface area (Å²) in [6.45, 7) is 7.57. The lowest BCUT2D eigenvalue weighted by atomic mass is 10.0. The standard InChI is InChI=1S/C30H29NO4S/c1-19(2)9-18-27(31-35-21(4)32)22-10-14-24(15-11-22)36-25-16-12-23(13-17-25)29(33)30-20(3)26-7-5-6-8-28(26)34-30/h5-8,10-17,19H,9,18H2,1-4H3. The van der Waals surface area contributed by atoms with Crippen LogP contribution in [0.5, 0.6) is 0 Å². The molecule has 1 aromatic heterocycles. The van der Waals surface area contributed by atoms with Crippen LogP contribution < -0.4 is 0 Å². The van der Waals surface area contributed by atoms with Gasteiger partial charge in [0.25, 0.3) is 0 Å². The quantitative estimate of drug-likeness (QED) is 0.102. The maximum absolute atomic E-state index is 13.1. The molecule has 0 spiro atoms. The maximum Gasteiger partial charge on any atom is 0.331 e. The van der Waals surface area contributed by atoms with Gasteiger partial charge in [-0.25, -0.2) is 4.79 Å². The van der Waals surface area contributed by atoms with E-state index >= 15 is 0 Å². The fourth-order valence-corrected chi connectivity index (χ4v) is 4.65. The van der Waals surface area contributed by atoms with Crippen molar-refractivity contribution in [3.05, 3.63) is 95.2 Å². The second-order valence-electron chi connectivity index (χ2n) is 9.09. The van der Waals surface area contributed by atoms with Gasteiger partial charge < -0.3 is 9.25 Å². The summed E-state index contributed by atoms with van der Waals surface area (Å²) in [5.41, 5.74) is 3.87. The predicted octanol–water partition coefficient (Wildman–Crippen LogP) is 7.83. The minimum Gasteiger partial charge on any atom is -0.452 e. The molecular weight excluding hydrogens is 470 g/mol. The van der Waals surface area contributed by atoms with Gasteiger partial charge in [0.05, 0.1) is 5.71 Å². The highest BCUT2D eigenvalue weighted by Gasteiger charge is 2.19. The van der Waals surface area contributed by atoms with E-state index in [1.807, 2.05) is 79.7 Å². The number of ketones is 1. The van der Waals surface area contributed by atoms with Crippen LogP contribution in [0.15, 0.2) is 92.2 Å². The fourth-order valence-electron chi connectivity index (χ4n) is 3.84. The topological polar surface area (TPSA) is 68.9 Å². The molecule has 0 fully saturated rings. The van der Waals surface area contributed by atoms with Crippen LogP contribution in [0.2, 0.25) is 0 Å². The van der Waals surface area contributed by atoms with Crippen LogP contribution in [-0.4, -0.2) is 17.5 Å². The molecule has 0 amide bonds. The van der Waals surface area contributed by atoms with E-state index in [4.69, 9.17) is 9.25 Å². The monoisotopic (exact) mass is 499 g/mol. The summed E-state index contributed by atoms with van der Waals surface area (Å²) < 4.78 is 5.84. The van der Waals surface area contributed by atoms with Gasteiger partial charge in [0.15, 0.2) is 5.76 Å². The van der Waals surface area contributed by atoms with Crippen molar-refractivity contribution in [1.82, 2.24) is 0 Å². The average molecular weight is 500 g/mol. The maximum atomic E-state index is 13.1. The minimum absolute atomic E-state index is 0.120. The smallest absolute Gasteiger partial charge is 0.331 e. The van der Waals surface area contributed by atoms with Crippen LogP contribution in [0.3, 0.4) is 0 Å². The molecule has 4 rings (SSSR count). The Morgan fingerprint density at radius 2 is 1.53 bits per heavy atom. The largest absolute Gasteiger partial charge is 0.452 e. The van der Waals surface area contributed by atoms with E-state index in [0.29, 0.717) is 17.2 Å². The molecule has 0 saturated heterocycles. The number of oxime groups is 1. The highest BCUT2D eigenvalue weighted by molar-refractivity contribution is 7.99. The number of hydrogen-bond donors (Lipinski definition) is 0. The first kappa shape index (κ1) is 25.5. The Balaban J connectivity index is 1.46. The predicted molar refractivity (Wildman–Crippen MR) is 144 cm³/mol. The zero-order valence-corrected chi connectivity index (χ0v) is 21.7. The van der Waals surface area contributed by atoms with E-state index in [9.17, 15) is 9.59 Å². The second kappa shape index (κ2) is 11.4. The van der Waals surface area contributed by atoms with Crippen molar-refractivity contribution in [3.63, 3.8) is 0 Å². The van der Waals surface area contributed by atoms with Crippen molar-refractivity contribution in [2.45, 2.75) is 50.3 Å². The van der Waals surface area contributed by atoms with Crippen molar-refractivity contribution < 1.29 is 18.8 Å². The molecule has 0 aliphatic heterocycles. The first-order valence-electron chi connectivity index (χ1n) is 12.0. The van der Waals surface area contributed by atoms with E-state index in [1.165, 1.54) is 6.92 Å². The summed E-state index contributed by atoms with van der Waals surface area (Å²) in [5, 5.41) is 5.03. The summed E-state index contributed by atoms with van der Waals surface area (Å²) in [5.74, 6) is 0.357. The third-order valence-corrected chi connectivity index (χ3v) is 6.85. The summed E-state index contributed by atoms with van der Waals surface area (Å²) in [4.78, 5) is 31.3. The zero-order chi connectivity index (χ0) is 25.7. The Bertz CT molecular complexity index is 1400. The van der Waals surface area contributed by atoms with Crippen molar-refractivity contribution in [3.8, 4) is 0 Å². The molecule has 1 heterocycles. The average Bonchev–Trinajstić information content (AvgIpc) is 3.21. The molecular formula is C30H29NO4S.